The van der Waals surface area contributed by atoms with Gasteiger partial charge in [0.15, 0.2) is 0 Å². The molecule has 25 heavy (non-hydrogen) atoms. The molecule has 0 aliphatic rings. The van der Waals surface area contributed by atoms with Gasteiger partial charge in [0.05, 0.1) is 23.6 Å². The molecular formula is C20H30N4O. The topological polar surface area (TPSA) is 59.0 Å². The highest BCUT2D eigenvalue weighted by Gasteiger charge is 2.18. The van der Waals surface area contributed by atoms with E-state index in [4.69, 9.17) is 0 Å². The van der Waals surface area contributed by atoms with Crippen molar-refractivity contribution in [3.05, 3.63) is 46.8 Å². The van der Waals surface area contributed by atoms with Crippen molar-refractivity contribution in [1.82, 2.24) is 15.1 Å². The van der Waals surface area contributed by atoms with Gasteiger partial charge in [0, 0.05) is 13.1 Å². The van der Waals surface area contributed by atoms with Crippen LogP contribution in [0, 0.1) is 19.8 Å². The van der Waals surface area contributed by atoms with Crippen molar-refractivity contribution in [2.75, 3.05) is 11.9 Å². The van der Waals surface area contributed by atoms with Crippen LogP contribution in [0.25, 0.3) is 0 Å². The third-order valence-corrected chi connectivity index (χ3v) is 4.67. The molecule has 2 aromatic rings. The van der Waals surface area contributed by atoms with E-state index >= 15 is 0 Å². The molecule has 1 aromatic heterocycles. The molecule has 0 bridgehead atoms. The summed E-state index contributed by atoms with van der Waals surface area (Å²) in [5.74, 6) is 0.345. The van der Waals surface area contributed by atoms with Gasteiger partial charge in [-0.05, 0) is 37.3 Å². The largest absolute Gasteiger partial charge is 0.322 e. The highest BCUT2D eigenvalue weighted by atomic mass is 16.1. The van der Waals surface area contributed by atoms with Crippen LogP contribution in [-0.4, -0.2) is 22.2 Å². The first kappa shape index (κ1) is 19.2. The molecule has 5 nitrogen and oxygen atoms in total. The summed E-state index contributed by atoms with van der Waals surface area (Å²) < 4.78 is 1.78. The molecule has 0 radical (unpaired) electrons. The summed E-state index contributed by atoms with van der Waals surface area (Å²) in [6, 6.07) is 8.78. The molecule has 1 aromatic carbocycles. The number of amides is 1. The number of rotatable bonds is 7. The Morgan fingerprint density at radius 3 is 2.32 bits per heavy atom. The van der Waals surface area contributed by atoms with Gasteiger partial charge in [-0.3, -0.25) is 9.48 Å². The van der Waals surface area contributed by atoms with Crippen LogP contribution < -0.4 is 10.6 Å². The van der Waals surface area contributed by atoms with Crippen LogP contribution in [0.5, 0.6) is 0 Å². The molecule has 1 atom stereocenters. The Morgan fingerprint density at radius 2 is 1.84 bits per heavy atom. The second kappa shape index (κ2) is 8.30. The maximum Gasteiger partial charge on any atom is 0.238 e. The van der Waals surface area contributed by atoms with Crippen LogP contribution in [-0.2, 0) is 18.3 Å². The fourth-order valence-corrected chi connectivity index (χ4v) is 3.04. The molecule has 0 aliphatic heterocycles. The molecule has 2 N–H and O–H groups in total. The van der Waals surface area contributed by atoms with Gasteiger partial charge in [-0.15, -0.1) is 0 Å². The van der Waals surface area contributed by atoms with Crippen molar-refractivity contribution in [3.63, 3.8) is 0 Å². The van der Waals surface area contributed by atoms with E-state index in [9.17, 15) is 4.79 Å². The van der Waals surface area contributed by atoms with E-state index in [1.54, 1.807) is 4.68 Å². The first-order valence-electron chi connectivity index (χ1n) is 8.95. The zero-order valence-corrected chi connectivity index (χ0v) is 16.2. The standard InChI is InChI=1S/C20H30N4O/c1-7-16-8-10-17(11-9-16)19(13(2)3)21-12-18(25)22-20-14(4)23-24(6)15(20)5/h8-11,13,19,21H,7,12H2,1-6H3,(H,22,25)/t19-/m1/s1. The van der Waals surface area contributed by atoms with E-state index in [0.29, 0.717) is 5.92 Å². The Balaban J connectivity index is 2.01. The fourth-order valence-electron chi connectivity index (χ4n) is 3.04. The summed E-state index contributed by atoms with van der Waals surface area (Å²) in [4.78, 5) is 12.4. The molecule has 0 spiro atoms. The van der Waals surface area contributed by atoms with Crippen LogP contribution in [0.3, 0.4) is 0 Å². The van der Waals surface area contributed by atoms with Gasteiger partial charge in [-0.25, -0.2) is 0 Å². The minimum absolute atomic E-state index is 0.0463. The molecule has 0 unspecified atom stereocenters. The summed E-state index contributed by atoms with van der Waals surface area (Å²) >= 11 is 0. The van der Waals surface area contributed by atoms with Crippen molar-refractivity contribution >= 4 is 11.6 Å². The van der Waals surface area contributed by atoms with E-state index in [-0.39, 0.29) is 18.5 Å². The Kier molecular flexibility index (Phi) is 6.37. The molecule has 0 saturated carbocycles. The Labute approximate surface area is 150 Å². The predicted octanol–water partition coefficient (Wildman–Crippen LogP) is 3.52. The van der Waals surface area contributed by atoms with E-state index in [0.717, 1.165) is 23.5 Å². The smallest absolute Gasteiger partial charge is 0.238 e. The number of aromatic nitrogens is 2. The summed E-state index contributed by atoms with van der Waals surface area (Å²) in [7, 11) is 1.88. The first-order valence-corrected chi connectivity index (χ1v) is 8.95. The zero-order valence-electron chi connectivity index (χ0n) is 16.2. The summed E-state index contributed by atoms with van der Waals surface area (Å²) in [6.45, 7) is 10.6. The maximum absolute atomic E-state index is 12.4. The Hall–Kier alpha value is -2.14. The summed E-state index contributed by atoms with van der Waals surface area (Å²) in [5, 5.41) is 10.7. The number of nitrogens with one attached hydrogen (secondary N) is 2. The third-order valence-electron chi connectivity index (χ3n) is 4.67. The average Bonchev–Trinajstić information content (AvgIpc) is 2.81. The minimum Gasteiger partial charge on any atom is -0.322 e. The molecule has 0 saturated heterocycles. The predicted molar refractivity (Wildman–Crippen MR) is 103 cm³/mol. The number of nitrogens with zero attached hydrogens (tertiary/aromatic N) is 2. The van der Waals surface area contributed by atoms with Gasteiger partial charge in [0.25, 0.3) is 0 Å². The normalized spacial score (nSPS) is 12.4. The molecule has 136 valence electrons. The molecule has 5 heteroatoms. The van der Waals surface area contributed by atoms with Gasteiger partial charge in [0.2, 0.25) is 5.91 Å². The minimum atomic E-state index is -0.0463. The van der Waals surface area contributed by atoms with Gasteiger partial charge in [-0.1, -0.05) is 45.0 Å². The molecule has 0 aliphatic carbocycles. The lowest BCUT2D eigenvalue weighted by Crippen LogP contribution is -2.33. The van der Waals surface area contributed by atoms with Crippen LogP contribution in [0.15, 0.2) is 24.3 Å². The van der Waals surface area contributed by atoms with Gasteiger partial charge in [0.1, 0.15) is 0 Å². The van der Waals surface area contributed by atoms with Crippen molar-refractivity contribution in [3.8, 4) is 0 Å². The van der Waals surface area contributed by atoms with Crippen molar-refractivity contribution < 1.29 is 4.79 Å². The number of aryl methyl sites for hydroxylation is 3. The van der Waals surface area contributed by atoms with Crippen LogP contribution >= 0.6 is 0 Å². The number of carbonyl (C=O) groups is 1. The quantitative estimate of drug-likeness (QED) is 0.809. The van der Waals surface area contributed by atoms with Crippen molar-refractivity contribution in [2.45, 2.75) is 47.1 Å². The van der Waals surface area contributed by atoms with Gasteiger partial charge < -0.3 is 10.6 Å². The second-order valence-electron chi connectivity index (χ2n) is 6.92. The van der Waals surface area contributed by atoms with Crippen molar-refractivity contribution in [2.24, 2.45) is 13.0 Å². The average molecular weight is 342 g/mol. The van der Waals surface area contributed by atoms with E-state index < -0.39 is 0 Å². The fraction of sp³-hybridized carbons (Fsp3) is 0.500. The number of anilines is 1. The van der Waals surface area contributed by atoms with Crippen molar-refractivity contribution in [1.29, 1.82) is 0 Å². The number of hydrogen-bond donors (Lipinski definition) is 2. The van der Waals surface area contributed by atoms with E-state index in [1.165, 1.54) is 11.1 Å². The Morgan fingerprint density at radius 1 is 1.20 bits per heavy atom. The van der Waals surface area contributed by atoms with Gasteiger partial charge >= 0.3 is 0 Å². The third kappa shape index (κ3) is 4.69. The number of benzene rings is 1. The number of carbonyl (C=O) groups excluding carboxylic acids is 1. The highest BCUT2D eigenvalue weighted by molar-refractivity contribution is 5.93. The lowest BCUT2D eigenvalue weighted by atomic mass is 9.95. The molecule has 0 fully saturated rings. The lowest BCUT2D eigenvalue weighted by molar-refractivity contribution is -0.115. The molecule has 2 rings (SSSR count). The van der Waals surface area contributed by atoms with Crippen LogP contribution in [0.1, 0.15) is 49.3 Å². The molecule has 1 heterocycles. The van der Waals surface area contributed by atoms with Crippen LogP contribution in [0.4, 0.5) is 5.69 Å². The SMILES string of the molecule is CCc1ccc([C@H](NCC(=O)Nc2c(C)nn(C)c2C)C(C)C)cc1. The highest BCUT2D eigenvalue weighted by Crippen LogP contribution is 2.22. The zero-order chi connectivity index (χ0) is 18.6. The van der Waals surface area contributed by atoms with E-state index in [1.807, 2.05) is 20.9 Å². The molecular weight excluding hydrogens is 312 g/mol. The summed E-state index contributed by atoms with van der Waals surface area (Å²) in [5.41, 5.74) is 5.15. The summed E-state index contributed by atoms with van der Waals surface area (Å²) in [6.07, 6.45) is 1.03. The number of hydrogen-bond acceptors (Lipinski definition) is 3. The second-order valence-corrected chi connectivity index (χ2v) is 6.92. The van der Waals surface area contributed by atoms with Crippen LogP contribution in [0.2, 0.25) is 0 Å². The van der Waals surface area contributed by atoms with Gasteiger partial charge in [-0.2, -0.15) is 5.10 Å². The first-order chi connectivity index (χ1) is 11.8. The molecule has 1 amide bonds. The monoisotopic (exact) mass is 342 g/mol. The lowest BCUT2D eigenvalue weighted by Gasteiger charge is -2.23. The Bertz CT molecular complexity index is 716. The van der Waals surface area contributed by atoms with E-state index in [2.05, 4.69) is 60.8 Å². The maximum atomic E-state index is 12.4.